The number of para-hydroxylation sites is 1. The van der Waals surface area contributed by atoms with Crippen LogP contribution in [0.5, 0.6) is 0 Å². The van der Waals surface area contributed by atoms with Crippen LogP contribution in [0.25, 0.3) is 119 Å². The van der Waals surface area contributed by atoms with Gasteiger partial charge < -0.3 is 4.42 Å². The van der Waals surface area contributed by atoms with E-state index >= 15 is 0 Å². The zero-order chi connectivity index (χ0) is 37.5. The summed E-state index contributed by atoms with van der Waals surface area (Å²) < 4.78 is 11.1. The Labute approximate surface area is 333 Å². The van der Waals surface area contributed by atoms with Gasteiger partial charge in [0, 0.05) is 73.5 Å². The second kappa shape index (κ2) is 12.7. The van der Waals surface area contributed by atoms with E-state index in [4.69, 9.17) is 29.3 Å². The number of nitrogens with zero attached hydrogens (tertiary/aromatic N) is 5. The maximum absolute atomic E-state index is 6.36. The van der Waals surface area contributed by atoms with Crippen molar-refractivity contribution < 1.29 is 4.42 Å². The molecule has 266 valence electrons. The Balaban J connectivity index is 1.03. The van der Waals surface area contributed by atoms with Gasteiger partial charge in [0.2, 0.25) is 0 Å². The molecule has 0 saturated heterocycles. The number of fused-ring (bicyclic) bond motifs is 9. The van der Waals surface area contributed by atoms with Crippen LogP contribution < -0.4 is 0 Å². The summed E-state index contributed by atoms with van der Waals surface area (Å²) in [6, 6.07) is 56.4. The molecule has 0 N–H and O–H groups in total. The molecule has 0 fully saturated rings. The quantitative estimate of drug-likeness (QED) is 0.174. The Hall–Kier alpha value is -7.13. The van der Waals surface area contributed by atoms with Gasteiger partial charge in [-0.25, -0.2) is 24.9 Å². The summed E-state index contributed by atoms with van der Waals surface area (Å²) in [4.78, 5) is 25.7. The van der Waals surface area contributed by atoms with Crippen LogP contribution in [0.2, 0.25) is 0 Å². The van der Waals surface area contributed by atoms with Crippen molar-refractivity contribution in [2.24, 2.45) is 0 Å². The lowest BCUT2D eigenvalue weighted by atomic mass is 10.0. The van der Waals surface area contributed by atoms with Crippen LogP contribution in [-0.2, 0) is 0 Å². The van der Waals surface area contributed by atoms with Gasteiger partial charge in [0.15, 0.2) is 28.9 Å². The van der Waals surface area contributed by atoms with Crippen LogP contribution in [0.15, 0.2) is 168 Å². The van der Waals surface area contributed by atoms with E-state index in [9.17, 15) is 0 Å². The molecular formula is C49H27N5OS2. The number of hydrogen-bond donors (Lipinski definition) is 0. The molecule has 7 aromatic carbocycles. The second-order valence-corrected chi connectivity index (χ2v) is 16.2. The highest BCUT2D eigenvalue weighted by Gasteiger charge is 2.21. The van der Waals surface area contributed by atoms with Gasteiger partial charge >= 0.3 is 0 Å². The van der Waals surface area contributed by atoms with E-state index in [0.717, 1.165) is 70.2 Å². The van der Waals surface area contributed by atoms with E-state index in [1.165, 1.54) is 20.2 Å². The first-order chi connectivity index (χ1) is 28.2. The van der Waals surface area contributed by atoms with Gasteiger partial charge in [-0.3, -0.25) is 0 Å². The van der Waals surface area contributed by atoms with Crippen LogP contribution in [0.3, 0.4) is 0 Å². The highest BCUT2D eigenvalue weighted by atomic mass is 32.1. The van der Waals surface area contributed by atoms with Gasteiger partial charge in [0.1, 0.15) is 16.8 Å². The first kappa shape index (κ1) is 32.1. The summed E-state index contributed by atoms with van der Waals surface area (Å²) in [5, 5.41) is 5.66. The van der Waals surface area contributed by atoms with Crippen LogP contribution in [0.4, 0.5) is 0 Å². The Morgan fingerprint density at radius 2 is 1.00 bits per heavy atom. The van der Waals surface area contributed by atoms with E-state index in [0.29, 0.717) is 28.9 Å². The minimum absolute atomic E-state index is 0.636. The summed E-state index contributed by atoms with van der Waals surface area (Å²) >= 11 is 3.55. The highest BCUT2D eigenvalue weighted by Crippen LogP contribution is 2.43. The molecule has 0 radical (unpaired) electrons. The largest absolute Gasteiger partial charge is 0.452 e. The van der Waals surface area contributed by atoms with Crippen LogP contribution in [-0.4, -0.2) is 24.9 Å². The van der Waals surface area contributed by atoms with Gasteiger partial charge in [-0.1, -0.05) is 115 Å². The van der Waals surface area contributed by atoms with Crippen LogP contribution >= 0.6 is 22.7 Å². The molecular weight excluding hydrogens is 739 g/mol. The molecule has 12 aromatic rings. The van der Waals surface area contributed by atoms with Crippen molar-refractivity contribution in [3.05, 3.63) is 164 Å². The smallest absolute Gasteiger partial charge is 0.180 e. The standard InChI is InChI=1S/C49H27N5OS2/c1-3-12-28(13-4-1)43-45-44(33-17-7-9-19-37(33)55-45)51-47(50-43)31-22-24-34-41(27-31)57-40-21-11-18-35(42(34)40)49-53-46(29-14-5-2-6-15-29)52-48(54-49)30-23-25-39-36(26-30)32-16-8-10-20-38(32)56-39/h1-27H. The van der Waals surface area contributed by atoms with Crippen LogP contribution in [0, 0.1) is 0 Å². The topological polar surface area (TPSA) is 77.6 Å². The first-order valence-electron chi connectivity index (χ1n) is 18.7. The molecule has 6 nitrogen and oxygen atoms in total. The first-order valence-corrected chi connectivity index (χ1v) is 20.3. The number of furan rings is 1. The fourth-order valence-electron chi connectivity index (χ4n) is 7.87. The molecule has 0 aliphatic heterocycles. The van der Waals surface area contributed by atoms with Crippen molar-refractivity contribution in [3.8, 4) is 56.8 Å². The zero-order valence-corrected chi connectivity index (χ0v) is 31.7. The molecule has 8 heteroatoms. The van der Waals surface area contributed by atoms with Crippen molar-refractivity contribution in [1.82, 2.24) is 24.9 Å². The third-order valence-corrected chi connectivity index (χ3v) is 12.8. The molecule has 0 aliphatic rings. The average molecular weight is 766 g/mol. The Morgan fingerprint density at radius 3 is 1.86 bits per heavy atom. The summed E-state index contributed by atoms with van der Waals surface area (Å²) in [5.41, 5.74) is 7.83. The predicted octanol–water partition coefficient (Wildman–Crippen LogP) is 13.6. The summed E-state index contributed by atoms with van der Waals surface area (Å²) in [6.45, 7) is 0. The number of aromatic nitrogens is 5. The van der Waals surface area contributed by atoms with E-state index in [-0.39, 0.29) is 0 Å². The second-order valence-electron chi connectivity index (χ2n) is 14.0. The number of benzene rings is 7. The average Bonchev–Trinajstić information content (AvgIpc) is 3.97. The lowest BCUT2D eigenvalue weighted by molar-refractivity contribution is 0.667. The minimum atomic E-state index is 0.636. The van der Waals surface area contributed by atoms with Crippen molar-refractivity contribution >= 4 is 85.1 Å². The lowest BCUT2D eigenvalue weighted by Crippen LogP contribution is -2.00. The molecule has 5 aromatic heterocycles. The molecule has 5 heterocycles. The third-order valence-electron chi connectivity index (χ3n) is 10.6. The van der Waals surface area contributed by atoms with Crippen molar-refractivity contribution in [2.45, 2.75) is 0 Å². The van der Waals surface area contributed by atoms with Crippen LogP contribution in [0.1, 0.15) is 0 Å². The Kier molecular flexibility index (Phi) is 7.17. The maximum Gasteiger partial charge on any atom is 0.180 e. The van der Waals surface area contributed by atoms with E-state index < -0.39 is 0 Å². The van der Waals surface area contributed by atoms with E-state index in [1.807, 2.05) is 54.6 Å². The van der Waals surface area contributed by atoms with Gasteiger partial charge in [0.05, 0.1) is 0 Å². The normalized spacial score (nSPS) is 11.9. The Morgan fingerprint density at radius 1 is 0.368 bits per heavy atom. The minimum Gasteiger partial charge on any atom is -0.452 e. The molecule has 0 unspecified atom stereocenters. The van der Waals surface area contributed by atoms with Gasteiger partial charge in [0.25, 0.3) is 0 Å². The predicted molar refractivity (Wildman–Crippen MR) is 236 cm³/mol. The van der Waals surface area contributed by atoms with Gasteiger partial charge in [-0.05, 0) is 48.5 Å². The molecule has 0 amide bonds. The van der Waals surface area contributed by atoms with Crippen molar-refractivity contribution in [1.29, 1.82) is 0 Å². The van der Waals surface area contributed by atoms with E-state index in [2.05, 4.69) is 109 Å². The summed E-state index contributed by atoms with van der Waals surface area (Å²) in [7, 11) is 0. The maximum atomic E-state index is 6.36. The fourth-order valence-corrected chi connectivity index (χ4v) is 10.1. The highest BCUT2D eigenvalue weighted by molar-refractivity contribution is 7.26. The molecule has 12 rings (SSSR count). The Bertz CT molecular complexity index is 3540. The molecule has 0 bridgehead atoms. The zero-order valence-electron chi connectivity index (χ0n) is 30.0. The van der Waals surface area contributed by atoms with Gasteiger partial charge in [-0.2, -0.15) is 0 Å². The molecule has 0 atom stereocenters. The molecule has 0 spiro atoms. The number of thiophene rings is 2. The number of rotatable bonds is 5. The van der Waals surface area contributed by atoms with Crippen molar-refractivity contribution in [3.63, 3.8) is 0 Å². The summed E-state index contributed by atoms with van der Waals surface area (Å²) in [6.07, 6.45) is 0. The fraction of sp³-hybridized carbons (Fsp3) is 0. The molecule has 57 heavy (non-hydrogen) atoms. The SMILES string of the molecule is c1ccc(-c2nc(-c3ccc4sc5ccccc5c4c3)nc(-c3cccc4sc5cc(-c6nc(-c7ccccc7)c7oc8ccccc8c7n6)ccc5c34)n2)cc1. The monoisotopic (exact) mass is 765 g/mol. The number of hydrogen-bond acceptors (Lipinski definition) is 8. The molecule has 0 aliphatic carbocycles. The van der Waals surface area contributed by atoms with Gasteiger partial charge in [-0.15, -0.1) is 22.7 Å². The van der Waals surface area contributed by atoms with Crippen molar-refractivity contribution in [2.75, 3.05) is 0 Å². The third kappa shape index (κ3) is 5.26. The molecule has 0 saturated carbocycles. The summed E-state index contributed by atoms with van der Waals surface area (Å²) in [5.74, 6) is 2.57. The lowest BCUT2D eigenvalue weighted by Gasteiger charge is -2.10. The van der Waals surface area contributed by atoms with E-state index in [1.54, 1.807) is 22.7 Å².